The summed E-state index contributed by atoms with van der Waals surface area (Å²) in [5.74, 6) is -4.70. The van der Waals surface area contributed by atoms with Crippen molar-refractivity contribution in [2.45, 2.75) is 11.4 Å². The van der Waals surface area contributed by atoms with Crippen LogP contribution in [0, 0.1) is 0 Å². The second-order valence-corrected chi connectivity index (χ2v) is 9.95. The molecule has 0 saturated carbocycles. The van der Waals surface area contributed by atoms with E-state index in [4.69, 9.17) is 15.6 Å². The van der Waals surface area contributed by atoms with Crippen LogP contribution in [0.15, 0.2) is 45.3 Å². The number of carboxylic acid groups (broad SMARTS) is 2. The predicted octanol–water partition coefficient (Wildman–Crippen LogP) is -2.68. The molecule has 198 valence electrons. The molecule has 0 aliphatic carbocycles. The minimum Gasteiger partial charge on any atom is -1.00 e. The number of hydrogen-bond donors (Lipinski definition) is 4. The van der Waals surface area contributed by atoms with Crippen molar-refractivity contribution >= 4 is 75.4 Å². The summed E-state index contributed by atoms with van der Waals surface area (Å²) in [6.07, 6.45) is 2.52. The molecule has 18 heteroatoms. The smallest absolute Gasteiger partial charge is 1.00 e. The number of fused-ring (bicyclic) bond motifs is 1. The van der Waals surface area contributed by atoms with E-state index < -0.39 is 53.5 Å². The van der Waals surface area contributed by atoms with Gasteiger partial charge < -0.3 is 32.3 Å². The first-order chi connectivity index (χ1) is 17.6. The largest absolute Gasteiger partial charge is 1.00 e. The Balaban J connectivity index is 0.00000380. The van der Waals surface area contributed by atoms with E-state index in [2.05, 4.69) is 26.9 Å². The normalized spacial score (nSPS) is 18.7. The number of hydrogen-bond acceptors (Lipinski definition) is 13. The Morgan fingerprint density at radius 1 is 1.39 bits per heavy atom. The van der Waals surface area contributed by atoms with Crippen molar-refractivity contribution in [3.05, 3.63) is 45.8 Å². The van der Waals surface area contributed by atoms with Crippen LogP contribution < -0.4 is 40.6 Å². The van der Waals surface area contributed by atoms with Gasteiger partial charge in [-0.05, 0) is 5.41 Å². The van der Waals surface area contributed by atoms with Crippen molar-refractivity contribution in [2.75, 3.05) is 24.7 Å². The van der Waals surface area contributed by atoms with Gasteiger partial charge in [-0.25, -0.2) is 19.4 Å². The minimum atomic E-state index is -1.35. The molecule has 1 aromatic rings. The summed E-state index contributed by atoms with van der Waals surface area (Å²) in [6, 6.07) is -1.09. The molecule has 14 nitrogen and oxygen atoms in total. The summed E-state index contributed by atoms with van der Waals surface area (Å²) in [7, 11) is 0. The van der Waals surface area contributed by atoms with E-state index in [1.807, 2.05) is 0 Å². The fourth-order valence-corrected chi connectivity index (χ4v) is 5.86. The van der Waals surface area contributed by atoms with Gasteiger partial charge in [0.25, 0.3) is 11.8 Å². The summed E-state index contributed by atoms with van der Waals surface area (Å²) in [4.78, 5) is 70.0. The van der Waals surface area contributed by atoms with Gasteiger partial charge in [-0.2, -0.15) is 0 Å². The first kappa shape index (κ1) is 31.4. The first-order valence-electron chi connectivity index (χ1n) is 10.1. The second-order valence-electron chi connectivity index (χ2n) is 6.96. The molecule has 2 amide bonds. The van der Waals surface area contributed by atoms with Crippen LogP contribution in [-0.4, -0.2) is 85.9 Å². The maximum absolute atomic E-state index is 12.9. The zero-order chi connectivity index (χ0) is 27.1. The number of ether oxygens (including phenoxy) is 1. The Kier molecular flexibility index (Phi) is 11.9. The van der Waals surface area contributed by atoms with Crippen molar-refractivity contribution in [3.63, 3.8) is 0 Å². The molecule has 2 atom stereocenters. The number of carbonyl (C=O) groups excluding carboxylic acids is 3. The maximum atomic E-state index is 12.9. The number of oxime groups is 1. The molecule has 0 radical (unpaired) electrons. The number of esters is 1. The number of nitrogens with two attached hydrogens (primary N) is 1. The Bertz CT molecular complexity index is 1240. The zero-order valence-corrected chi connectivity index (χ0v) is 24.1. The molecular weight excluding hydrogens is 573 g/mol. The number of anilines is 1. The number of carbonyl (C=O) groups is 5. The fraction of sp³-hybridized carbons (Fsp3) is 0.250. The van der Waals surface area contributed by atoms with Gasteiger partial charge in [-0.1, -0.05) is 29.6 Å². The summed E-state index contributed by atoms with van der Waals surface area (Å²) < 4.78 is 4.80. The number of aromatic nitrogens is 1. The van der Waals surface area contributed by atoms with Gasteiger partial charge in [0.2, 0.25) is 6.61 Å². The molecule has 38 heavy (non-hydrogen) atoms. The van der Waals surface area contributed by atoms with E-state index >= 15 is 0 Å². The summed E-state index contributed by atoms with van der Waals surface area (Å²) in [6.45, 7) is 2.63. The number of aliphatic carboxylic acids is 2. The van der Waals surface area contributed by atoms with Gasteiger partial charge in [0.05, 0.1) is 0 Å². The molecule has 0 bridgehead atoms. The zero-order valence-electron chi connectivity index (χ0n) is 20.7. The van der Waals surface area contributed by atoms with E-state index in [9.17, 15) is 29.1 Å². The predicted molar refractivity (Wildman–Crippen MR) is 135 cm³/mol. The van der Waals surface area contributed by atoms with Gasteiger partial charge in [0, 0.05) is 22.1 Å². The SMILES string of the molecule is C=CCOC(=O)/C=C\SC1=C(C(=O)O)N2C(=O)[C@@H](NC(=O)/C(=N\OCC(=O)O)c3csc(N)n3)[C@H]2SC1.[H-].[Na+]. The first-order valence-corrected chi connectivity index (χ1v) is 12.9. The molecule has 0 spiro atoms. The van der Waals surface area contributed by atoms with Crippen LogP contribution in [0.1, 0.15) is 7.12 Å². The van der Waals surface area contributed by atoms with Gasteiger partial charge >= 0.3 is 47.5 Å². The van der Waals surface area contributed by atoms with E-state index in [0.717, 1.165) is 34.1 Å². The number of amides is 2. The van der Waals surface area contributed by atoms with Gasteiger partial charge in [0.15, 0.2) is 10.8 Å². The number of nitrogen functional groups attached to an aromatic ring is 1. The molecule has 1 fully saturated rings. The standard InChI is InChI=1S/C20H19N5O9S3.Na.H/c1-2-4-33-12(28)3-5-35-10-8-36-18-14(17(30)25(18)15(10)19(31)32)23-16(29)13(24-34-6-11(26)27)9-7-37-20(21)22-9;;/h2-3,5,7,14,18H,1,4,6,8H2,(H2,21,22)(H,23,29)(H,26,27)(H,31,32);;/q;+1;-1/b5-3-,24-13-;;/t14-,18-;;/m1../s1. The topological polar surface area (TPSA) is 211 Å². The average molecular weight is 594 g/mol. The van der Waals surface area contributed by atoms with Crippen LogP contribution in [0.3, 0.4) is 0 Å². The minimum absolute atomic E-state index is 0. The quantitative estimate of drug-likeness (QED) is 0.0371. The molecule has 3 rings (SSSR count). The summed E-state index contributed by atoms with van der Waals surface area (Å²) in [5, 5.41) is 26.6. The average Bonchev–Trinajstić information content (AvgIpc) is 3.28. The number of thiazole rings is 1. The van der Waals surface area contributed by atoms with Crippen LogP contribution in [0.2, 0.25) is 0 Å². The van der Waals surface area contributed by atoms with Crippen LogP contribution in [0.25, 0.3) is 0 Å². The van der Waals surface area contributed by atoms with Crippen LogP contribution in [-0.2, 0) is 33.5 Å². The number of nitrogens with zero attached hydrogens (tertiary/aromatic N) is 3. The van der Waals surface area contributed by atoms with Crippen LogP contribution in [0.4, 0.5) is 5.13 Å². The number of carboxylic acids is 2. The second kappa shape index (κ2) is 14.4. The van der Waals surface area contributed by atoms with Crippen LogP contribution >= 0.6 is 34.9 Å². The van der Waals surface area contributed by atoms with Crippen molar-refractivity contribution in [1.29, 1.82) is 0 Å². The molecule has 0 aromatic carbocycles. The molecule has 1 saturated heterocycles. The number of rotatable bonds is 12. The fourth-order valence-electron chi connectivity index (χ4n) is 3.00. The van der Waals surface area contributed by atoms with Gasteiger partial charge in [-0.3, -0.25) is 14.5 Å². The maximum Gasteiger partial charge on any atom is 1.00 e. The molecule has 2 aliphatic rings. The Morgan fingerprint density at radius 3 is 2.74 bits per heavy atom. The molecule has 3 heterocycles. The summed E-state index contributed by atoms with van der Waals surface area (Å²) >= 11 is 3.17. The van der Waals surface area contributed by atoms with Gasteiger partial charge in [0.1, 0.15) is 29.4 Å². The Hall–Kier alpha value is -2.83. The van der Waals surface area contributed by atoms with E-state index in [1.165, 1.54) is 28.6 Å². The molecule has 1 aromatic heterocycles. The summed E-state index contributed by atoms with van der Waals surface area (Å²) in [5.41, 5.74) is 4.94. The van der Waals surface area contributed by atoms with E-state index in [0.29, 0.717) is 4.91 Å². The third-order valence-corrected chi connectivity index (χ3v) is 7.53. The van der Waals surface area contributed by atoms with E-state index in [-0.39, 0.29) is 59.9 Å². The third kappa shape index (κ3) is 7.61. The van der Waals surface area contributed by atoms with Crippen LogP contribution in [0.5, 0.6) is 0 Å². The molecule has 0 unspecified atom stereocenters. The van der Waals surface area contributed by atoms with Crippen molar-refractivity contribution in [1.82, 2.24) is 15.2 Å². The number of nitrogens with one attached hydrogen (secondary N) is 1. The van der Waals surface area contributed by atoms with Crippen molar-refractivity contribution < 1.29 is 74.7 Å². The third-order valence-electron chi connectivity index (χ3n) is 4.50. The number of thioether (sulfide) groups is 2. The molecular formula is C20H20N5NaO9S3. The van der Waals surface area contributed by atoms with E-state index in [1.54, 1.807) is 0 Å². The Labute approximate surface area is 251 Å². The Morgan fingerprint density at radius 2 is 2.13 bits per heavy atom. The number of β-lactam (4-membered cyclic amide) rings is 1. The molecule has 2 aliphatic heterocycles. The molecule has 5 N–H and O–H groups in total. The van der Waals surface area contributed by atoms with Gasteiger partial charge in [-0.15, -0.1) is 23.1 Å². The monoisotopic (exact) mass is 593 g/mol. The van der Waals surface area contributed by atoms with Crippen molar-refractivity contribution in [2.24, 2.45) is 5.16 Å². The van der Waals surface area contributed by atoms with Crippen molar-refractivity contribution in [3.8, 4) is 0 Å².